The fourth-order valence-corrected chi connectivity index (χ4v) is 5.38. The number of hydrogen-bond donors (Lipinski definition) is 2. The van der Waals surface area contributed by atoms with Crippen LogP contribution in [0.1, 0.15) is 37.9 Å². The molecule has 0 amide bonds. The lowest BCUT2D eigenvalue weighted by Gasteiger charge is -2.50. The number of nitrogens with zero attached hydrogens (tertiary/aromatic N) is 3. The van der Waals surface area contributed by atoms with E-state index < -0.39 is 28.6 Å². The van der Waals surface area contributed by atoms with Crippen molar-refractivity contribution < 1.29 is 18.7 Å². The Bertz CT molecular complexity index is 1190. The van der Waals surface area contributed by atoms with Gasteiger partial charge in [0, 0.05) is 42.2 Å². The number of carboxylic acid groups (broad SMARTS) is 1. The van der Waals surface area contributed by atoms with E-state index in [0.29, 0.717) is 29.6 Å². The molecule has 1 saturated heterocycles. The van der Waals surface area contributed by atoms with Crippen LogP contribution in [-0.4, -0.2) is 38.0 Å². The van der Waals surface area contributed by atoms with E-state index in [-0.39, 0.29) is 30.0 Å². The number of carboxylic acids is 1. The van der Waals surface area contributed by atoms with Gasteiger partial charge in [-0.25, -0.2) is 18.7 Å². The van der Waals surface area contributed by atoms with E-state index in [0.717, 1.165) is 0 Å². The highest BCUT2D eigenvalue weighted by molar-refractivity contribution is 7.13. The number of thiazole rings is 1. The zero-order valence-electron chi connectivity index (χ0n) is 18.8. The second-order valence-corrected chi connectivity index (χ2v) is 10.5. The van der Waals surface area contributed by atoms with Crippen molar-refractivity contribution in [3.63, 3.8) is 0 Å². The minimum absolute atomic E-state index is 0.0512. The summed E-state index contributed by atoms with van der Waals surface area (Å²) in [6.07, 6.45) is 2.12. The van der Waals surface area contributed by atoms with Crippen LogP contribution in [0.3, 0.4) is 0 Å². The van der Waals surface area contributed by atoms with Crippen LogP contribution in [0.25, 0.3) is 0 Å². The maximum atomic E-state index is 14.7. The van der Waals surface area contributed by atoms with E-state index in [2.05, 4.69) is 15.3 Å². The van der Waals surface area contributed by atoms with Gasteiger partial charge in [0.15, 0.2) is 5.13 Å². The number of aromatic nitrogens is 2. The van der Waals surface area contributed by atoms with E-state index in [4.69, 9.17) is 11.6 Å². The lowest BCUT2D eigenvalue weighted by atomic mass is 9.68. The first-order valence-corrected chi connectivity index (χ1v) is 12.1. The van der Waals surface area contributed by atoms with Gasteiger partial charge in [-0.15, -0.1) is 11.3 Å². The molecular weight excluding hydrogens is 482 g/mol. The Balaban J connectivity index is 1.56. The molecule has 10 heteroatoms. The number of piperidine rings is 1. The molecule has 2 N–H and O–H groups in total. The Labute approximate surface area is 205 Å². The fourth-order valence-electron chi connectivity index (χ4n) is 4.65. The molecule has 1 fully saturated rings. The van der Waals surface area contributed by atoms with E-state index >= 15 is 0 Å². The Morgan fingerprint density at radius 2 is 2.09 bits per heavy atom. The zero-order chi connectivity index (χ0) is 24.5. The highest BCUT2D eigenvalue weighted by Crippen LogP contribution is 2.44. The van der Waals surface area contributed by atoms with Gasteiger partial charge in [0.1, 0.15) is 17.5 Å². The third-order valence-electron chi connectivity index (χ3n) is 6.43. The Kier molecular flexibility index (Phi) is 6.89. The van der Waals surface area contributed by atoms with E-state index in [9.17, 15) is 18.7 Å². The number of rotatable bonds is 7. The predicted octanol–water partition coefficient (Wildman–Crippen LogP) is 5.90. The van der Waals surface area contributed by atoms with Gasteiger partial charge in [0.05, 0.1) is 16.1 Å². The van der Waals surface area contributed by atoms with Crippen molar-refractivity contribution in [2.45, 2.75) is 45.2 Å². The number of benzene rings is 1. The summed E-state index contributed by atoms with van der Waals surface area (Å²) >= 11 is 7.31. The van der Waals surface area contributed by atoms with Crippen LogP contribution in [0.2, 0.25) is 5.02 Å². The van der Waals surface area contributed by atoms with Gasteiger partial charge in [0.25, 0.3) is 0 Å². The van der Waals surface area contributed by atoms with E-state index in [1.165, 1.54) is 29.5 Å². The Morgan fingerprint density at radius 3 is 2.76 bits per heavy atom. The van der Waals surface area contributed by atoms with Gasteiger partial charge in [0.2, 0.25) is 0 Å². The van der Waals surface area contributed by atoms with E-state index in [1.54, 1.807) is 23.7 Å². The summed E-state index contributed by atoms with van der Waals surface area (Å²) in [7, 11) is 0. The molecule has 0 spiro atoms. The molecule has 1 aliphatic rings. The van der Waals surface area contributed by atoms with Crippen molar-refractivity contribution >= 4 is 39.9 Å². The number of aliphatic carboxylic acids is 1. The molecule has 0 bridgehead atoms. The van der Waals surface area contributed by atoms with Crippen molar-refractivity contribution in [2.24, 2.45) is 5.41 Å². The SMILES string of the molecule is CC1(C)CC(Cc2nc(Nc3nccs3)ccc2F)(C(=O)O)CCN1Cc1cccc(Cl)c1F. The molecule has 1 aromatic carbocycles. The normalized spacial score (nSPS) is 20.3. The quantitative estimate of drug-likeness (QED) is 0.415. The summed E-state index contributed by atoms with van der Waals surface area (Å²) in [5.74, 6) is -1.61. The lowest BCUT2D eigenvalue weighted by molar-refractivity contribution is -0.156. The summed E-state index contributed by atoms with van der Waals surface area (Å²) in [5.41, 5.74) is -1.25. The maximum absolute atomic E-state index is 14.7. The predicted molar refractivity (Wildman–Crippen MR) is 128 cm³/mol. The topological polar surface area (TPSA) is 78.3 Å². The highest BCUT2D eigenvalue weighted by Gasteiger charge is 2.49. The average Bonchev–Trinajstić information content (AvgIpc) is 3.28. The van der Waals surface area contributed by atoms with Crippen LogP contribution in [0.5, 0.6) is 0 Å². The van der Waals surface area contributed by atoms with Crippen LogP contribution < -0.4 is 5.32 Å². The minimum atomic E-state index is -1.21. The summed E-state index contributed by atoms with van der Waals surface area (Å²) in [5, 5.41) is 15.7. The number of nitrogens with one attached hydrogen (secondary N) is 1. The number of likely N-dealkylation sites (tertiary alicyclic amines) is 1. The first-order chi connectivity index (χ1) is 16.1. The van der Waals surface area contributed by atoms with Gasteiger partial charge < -0.3 is 10.4 Å². The Morgan fingerprint density at radius 1 is 1.29 bits per heavy atom. The molecule has 0 aliphatic carbocycles. The van der Waals surface area contributed by atoms with Crippen molar-refractivity contribution in [3.05, 3.63) is 69.8 Å². The molecule has 34 heavy (non-hydrogen) atoms. The summed E-state index contributed by atoms with van der Waals surface area (Å²) in [4.78, 5) is 23.1. The minimum Gasteiger partial charge on any atom is -0.481 e. The molecule has 1 unspecified atom stereocenters. The highest BCUT2D eigenvalue weighted by atomic mass is 35.5. The third kappa shape index (κ3) is 5.06. The smallest absolute Gasteiger partial charge is 0.310 e. The molecule has 1 aliphatic heterocycles. The van der Waals surface area contributed by atoms with Crippen LogP contribution in [-0.2, 0) is 17.8 Å². The molecule has 1 atom stereocenters. The summed E-state index contributed by atoms with van der Waals surface area (Å²) in [6.45, 7) is 4.56. The monoisotopic (exact) mass is 506 g/mol. The molecule has 180 valence electrons. The standard InChI is InChI=1S/C24H25ClF2N4O2S/c1-23(2)14-24(21(32)33,8-10-31(23)13-15-4-3-5-16(25)20(15)27)12-18-17(26)6-7-19(29-18)30-22-28-9-11-34-22/h3-7,9,11H,8,10,12-14H2,1-2H3,(H,32,33)(H,28,29,30). The number of carbonyl (C=O) groups is 1. The van der Waals surface area contributed by atoms with Gasteiger partial charge >= 0.3 is 5.97 Å². The second kappa shape index (κ2) is 9.56. The molecule has 3 aromatic rings. The number of pyridine rings is 1. The largest absolute Gasteiger partial charge is 0.481 e. The Hall–Kier alpha value is -2.62. The maximum Gasteiger partial charge on any atom is 0.310 e. The fraction of sp³-hybridized carbons (Fsp3) is 0.375. The number of hydrogen-bond acceptors (Lipinski definition) is 6. The molecule has 3 heterocycles. The molecular formula is C24H25ClF2N4O2S. The van der Waals surface area contributed by atoms with Crippen molar-refractivity contribution in [1.82, 2.24) is 14.9 Å². The number of halogens is 3. The van der Waals surface area contributed by atoms with Crippen molar-refractivity contribution in [2.75, 3.05) is 11.9 Å². The first-order valence-electron chi connectivity index (χ1n) is 10.8. The van der Waals surface area contributed by atoms with Crippen LogP contribution in [0, 0.1) is 17.0 Å². The molecule has 0 saturated carbocycles. The van der Waals surface area contributed by atoms with E-state index in [1.807, 2.05) is 18.7 Å². The van der Waals surface area contributed by atoms with Crippen molar-refractivity contribution in [1.29, 1.82) is 0 Å². The van der Waals surface area contributed by atoms with Gasteiger partial charge in [-0.3, -0.25) is 9.69 Å². The van der Waals surface area contributed by atoms with Gasteiger partial charge in [-0.1, -0.05) is 23.7 Å². The molecule has 4 rings (SSSR count). The average molecular weight is 507 g/mol. The lowest BCUT2D eigenvalue weighted by Crippen LogP contribution is -2.56. The second-order valence-electron chi connectivity index (χ2n) is 9.22. The van der Waals surface area contributed by atoms with Crippen molar-refractivity contribution in [3.8, 4) is 0 Å². The molecule has 2 aromatic heterocycles. The number of anilines is 2. The summed E-state index contributed by atoms with van der Waals surface area (Å²) in [6, 6.07) is 7.66. The molecule has 0 radical (unpaired) electrons. The molecule has 6 nitrogen and oxygen atoms in total. The first kappa shape index (κ1) is 24.5. The van der Waals surface area contributed by atoms with Crippen LogP contribution in [0.4, 0.5) is 19.7 Å². The van der Waals surface area contributed by atoms with Gasteiger partial charge in [-0.05, 0) is 44.9 Å². The third-order valence-corrected chi connectivity index (χ3v) is 7.41. The zero-order valence-corrected chi connectivity index (χ0v) is 20.4. The van der Waals surface area contributed by atoms with Crippen LogP contribution in [0.15, 0.2) is 41.9 Å². The summed E-state index contributed by atoms with van der Waals surface area (Å²) < 4.78 is 29.2. The van der Waals surface area contributed by atoms with Crippen LogP contribution >= 0.6 is 22.9 Å². The van der Waals surface area contributed by atoms with Gasteiger partial charge in [-0.2, -0.15) is 0 Å².